The van der Waals surface area contributed by atoms with Crippen LogP contribution in [0.5, 0.6) is 0 Å². The van der Waals surface area contributed by atoms with Crippen LogP contribution >= 0.6 is 11.6 Å². The Balaban J connectivity index is 2.16. The SMILES string of the molecule is CC1Cc2c(c(-c3ccccc3)nn2C)C(Cl)C1. The fourth-order valence-electron chi connectivity index (χ4n) is 2.84. The smallest absolute Gasteiger partial charge is 0.0972 e. The molecule has 2 nitrogen and oxygen atoms in total. The topological polar surface area (TPSA) is 17.8 Å². The van der Waals surface area contributed by atoms with E-state index in [4.69, 9.17) is 11.6 Å². The average Bonchev–Trinajstić information content (AvgIpc) is 2.68. The number of aryl methyl sites for hydroxylation is 1. The molecular formula is C15H17ClN2. The molecule has 2 unspecified atom stereocenters. The van der Waals surface area contributed by atoms with Crippen molar-refractivity contribution in [3.8, 4) is 11.3 Å². The van der Waals surface area contributed by atoms with Gasteiger partial charge >= 0.3 is 0 Å². The third kappa shape index (κ3) is 1.85. The van der Waals surface area contributed by atoms with Crippen LogP contribution in [0.15, 0.2) is 30.3 Å². The van der Waals surface area contributed by atoms with Crippen LogP contribution in [0, 0.1) is 5.92 Å². The number of hydrogen-bond acceptors (Lipinski definition) is 1. The van der Waals surface area contributed by atoms with E-state index in [-0.39, 0.29) is 5.38 Å². The Labute approximate surface area is 113 Å². The van der Waals surface area contributed by atoms with Crippen molar-refractivity contribution in [3.05, 3.63) is 41.6 Å². The zero-order chi connectivity index (χ0) is 12.7. The molecule has 0 fully saturated rings. The van der Waals surface area contributed by atoms with Crippen molar-refractivity contribution in [2.45, 2.75) is 25.1 Å². The fourth-order valence-corrected chi connectivity index (χ4v) is 3.37. The molecule has 1 heterocycles. The Morgan fingerprint density at radius 3 is 2.72 bits per heavy atom. The third-order valence-corrected chi connectivity index (χ3v) is 4.11. The normalized spacial score (nSPS) is 22.8. The Morgan fingerprint density at radius 2 is 2.00 bits per heavy atom. The first-order chi connectivity index (χ1) is 8.66. The lowest BCUT2D eigenvalue weighted by Crippen LogP contribution is -2.15. The number of aromatic nitrogens is 2. The summed E-state index contributed by atoms with van der Waals surface area (Å²) in [7, 11) is 2.02. The van der Waals surface area contributed by atoms with Crippen LogP contribution in [0.4, 0.5) is 0 Å². The van der Waals surface area contributed by atoms with Crippen molar-refractivity contribution in [2.75, 3.05) is 0 Å². The summed E-state index contributed by atoms with van der Waals surface area (Å²) < 4.78 is 2.00. The van der Waals surface area contributed by atoms with Gasteiger partial charge in [0.15, 0.2) is 0 Å². The second kappa shape index (κ2) is 4.43. The zero-order valence-corrected chi connectivity index (χ0v) is 11.5. The van der Waals surface area contributed by atoms with Gasteiger partial charge in [-0.2, -0.15) is 5.10 Å². The van der Waals surface area contributed by atoms with Gasteiger partial charge in [0, 0.05) is 23.9 Å². The van der Waals surface area contributed by atoms with E-state index < -0.39 is 0 Å². The summed E-state index contributed by atoms with van der Waals surface area (Å²) in [6, 6.07) is 10.3. The van der Waals surface area contributed by atoms with Crippen LogP contribution in [0.2, 0.25) is 0 Å². The largest absolute Gasteiger partial charge is 0.272 e. The molecule has 0 saturated carbocycles. The highest BCUT2D eigenvalue weighted by molar-refractivity contribution is 6.21. The maximum Gasteiger partial charge on any atom is 0.0972 e. The summed E-state index contributed by atoms with van der Waals surface area (Å²) in [4.78, 5) is 0. The lowest BCUT2D eigenvalue weighted by atomic mass is 9.86. The predicted molar refractivity (Wildman–Crippen MR) is 74.7 cm³/mol. The Kier molecular flexibility index (Phi) is 2.90. The van der Waals surface area contributed by atoms with E-state index in [2.05, 4.69) is 24.2 Å². The van der Waals surface area contributed by atoms with Crippen molar-refractivity contribution in [2.24, 2.45) is 13.0 Å². The lowest BCUT2D eigenvalue weighted by molar-refractivity contribution is 0.472. The summed E-state index contributed by atoms with van der Waals surface area (Å²) in [5, 5.41) is 4.77. The molecule has 94 valence electrons. The third-order valence-electron chi connectivity index (χ3n) is 3.72. The van der Waals surface area contributed by atoms with Gasteiger partial charge in [0.05, 0.1) is 11.1 Å². The minimum atomic E-state index is 0.0904. The molecular weight excluding hydrogens is 244 g/mol. The highest BCUT2D eigenvalue weighted by Gasteiger charge is 2.30. The molecule has 1 aromatic heterocycles. The maximum atomic E-state index is 6.56. The van der Waals surface area contributed by atoms with Crippen LogP contribution in [0.1, 0.15) is 30.0 Å². The lowest BCUT2D eigenvalue weighted by Gasteiger charge is -2.23. The summed E-state index contributed by atoms with van der Waals surface area (Å²) in [6.45, 7) is 2.26. The molecule has 3 rings (SSSR count). The molecule has 1 aromatic carbocycles. The fraction of sp³-hybridized carbons (Fsp3) is 0.400. The number of fused-ring (bicyclic) bond motifs is 1. The van der Waals surface area contributed by atoms with Crippen molar-refractivity contribution in [1.29, 1.82) is 0 Å². The summed E-state index contributed by atoms with van der Waals surface area (Å²) in [5.74, 6) is 0.638. The molecule has 0 saturated heterocycles. The molecule has 0 spiro atoms. The van der Waals surface area contributed by atoms with Gasteiger partial charge in [-0.3, -0.25) is 4.68 Å². The molecule has 1 aliphatic carbocycles. The maximum absolute atomic E-state index is 6.56. The van der Waals surface area contributed by atoms with E-state index in [9.17, 15) is 0 Å². The number of rotatable bonds is 1. The predicted octanol–water partition coefficient (Wildman–Crippen LogP) is 3.95. The van der Waals surface area contributed by atoms with Gasteiger partial charge in [0.1, 0.15) is 0 Å². The van der Waals surface area contributed by atoms with Crippen LogP contribution in [-0.2, 0) is 13.5 Å². The second-order valence-corrected chi connectivity index (χ2v) is 5.74. The van der Waals surface area contributed by atoms with Crippen molar-refractivity contribution in [1.82, 2.24) is 9.78 Å². The molecule has 0 bridgehead atoms. The Bertz CT molecular complexity index is 559. The van der Waals surface area contributed by atoms with Gasteiger partial charge in [0.2, 0.25) is 0 Å². The number of hydrogen-bond donors (Lipinski definition) is 0. The van der Waals surface area contributed by atoms with Gasteiger partial charge in [-0.05, 0) is 18.8 Å². The van der Waals surface area contributed by atoms with E-state index in [1.807, 2.05) is 29.9 Å². The number of alkyl halides is 1. The van der Waals surface area contributed by atoms with Gasteiger partial charge in [-0.15, -0.1) is 11.6 Å². The monoisotopic (exact) mass is 260 g/mol. The molecule has 0 N–H and O–H groups in total. The van der Waals surface area contributed by atoms with Gasteiger partial charge in [-0.25, -0.2) is 0 Å². The van der Waals surface area contributed by atoms with Crippen LogP contribution < -0.4 is 0 Å². The van der Waals surface area contributed by atoms with Crippen molar-refractivity contribution >= 4 is 11.6 Å². The van der Waals surface area contributed by atoms with Gasteiger partial charge < -0.3 is 0 Å². The quantitative estimate of drug-likeness (QED) is 0.710. The average molecular weight is 261 g/mol. The minimum absolute atomic E-state index is 0.0904. The number of benzene rings is 1. The first kappa shape index (κ1) is 11.8. The number of nitrogens with zero attached hydrogens (tertiary/aromatic N) is 2. The molecule has 0 amide bonds. The molecule has 1 aliphatic rings. The van der Waals surface area contributed by atoms with Crippen molar-refractivity contribution in [3.63, 3.8) is 0 Å². The molecule has 2 atom stereocenters. The van der Waals surface area contributed by atoms with E-state index in [1.54, 1.807) is 0 Å². The molecule has 0 radical (unpaired) electrons. The van der Waals surface area contributed by atoms with E-state index in [0.717, 1.165) is 24.1 Å². The summed E-state index contributed by atoms with van der Waals surface area (Å²) in [6.07, 6.45) is 2.12. The van der Waals surface area contributed by atoms with E-state index in [1.165, 1.54) is 11.3 Å². The van der Waals surface area contributed by atoms with E-state index in [0.29, 0.717) is 5.92 Å². The highest BCUT2D eigenvalue weighted by Crippen LogP contribution is 2.42. The summed E-state index contributed by atoms with van der Waals surface area (Å²) >= 11 is 6.56. The van der Waals surface area contributed by atoms with Gasteiger partial charge in [0.25, 0.3) is 0 Å². The highest BCUT2D eigenvalue weighted by atomic mass is 35.5. The van der Waals surface area contributed by atoms with E-state index >= 15 is 0 Å². The van der Waals surface area contributed by atoms with Crippen LogP contribution in [-0.4, -0.2) is 9.78 Å². The second-order valence-electron chi connectivity index (χ2n) is 5.21. The Hall–Kier alpha value is -1.28. The minimum Gasteiger partial charge on any atom is -0.272 e. The molecule has 0 aliphatic heterocycles. The first-order valence-electron chi connectivity index (χ1n) is 6.42. The molecule has 2 aromatic rings. The standard InChI is InChI=1S/C15H17ClN2/c1-10-8-12(16)14-13(9-10)18(2)17-15(14)11-6-4-3-5-7-11/h3-7,10,12H,8-9H2,1-2H3. The zero-order valence-electron chi connectivity index (χ0n) is 10.7. The number of halogens is 1. The molecule has 18 heavy (non-hydrogen) atoms. The summed E-state index contributed by atoms with van der Waals surface area (Å²) in [5.41, 5.74) is 4.76. The van der Waals surface area contributed by atoms with Crippen LogP contribution in [0.25, 0.3) is 11.3 Å². The van der Waals surface area contributed by atoms with Crippen molar-refractivity contribution < 1.29 is 0 Å². The van der Waals surface area contributed by atoms with Gasteiger partial charge in [-0.1, -0.05) is 37.3 Å². The first-order valence-corrected chi connectivity index (χ1v) is 6.85. The molecule has 3 heteroatoms. The van der Waals surface area contributed by atoms with Crippen LogP contribution in [0.3, 0.4) is 0 Å². The Morgan fingerprint density at radius 1 is 1.28 bits per heavy atom.